The summed E-state index contributed by atoms with van der Waals surface area (Å²) in [6.07, 6.45) is 1.49. The van der Waals surface area contributed by atoms with Gasteiger partial charge in [-0.15, -0.1) is 0 Å². The first kappa shape index (κ1) is 13.7. The number of para-hydroxylation sites is 1. The van der Waals surface area contributed by atoms with Crippen LogP contribution in [0.2, 0.25) is 0 Å². The van der Waals surface area contributed by atoms with E-state index in [1.807, 2.05) is 4.90 Å². The summed E-state index contributed by atoms with van der Waals surface area (Å²) < 4.78 is 0. The molecule has 0 spiro atoms. The van der Waals surface area contributed by atoms with Gasteiger partial charge in [-0.25, -0.2) is 4.79 Å². The van der Waals surface area contributed by atoms with Crippen molar-refractivity contribution in [2.45, 2.75) is 18.9 Å². The molecular formula is C14H15N5O. The van der Waals surface area contributed by atoms with Gasteiger partial charge in [-0.3, -0.25) is 0 Å². The number of benzene rings is 1. The lowest BCUT2D eigenvalue weighted by Crippen LogP contribution is -2.46. The van der Waals surface area contributed by atoms with E-state index >= 15 is 0 Å². The molecule has 2 rings (SSSR count). The van der Waals surface area contributed by atoms with Gasteiger partial charge < -0.3 is 16.0 Å². The standard InChI is InChI=1S/C14H15N5O/c15-8-10-2-1-3-11(9-16)13(10)19-6-4-12(5-7-19)18-14(17)20/h1-3,12H,4-7H2,(H3,17,18,20). The normalized spacial score (nSPS) is 15.2. The number of nitrogens with zero attached hydrogens (tertiary/aromatic N) is 3. The fourth-order valence-corrected chi connectivity index (χ4v) is 2.51. The number of urea groups is 1. The number of nitrogens with one attached hydrogen (secondary N) is 1. The third-order valence-corrected chi connectivity index (χ3v) is 3.43. The smallest absolute Gasteiger partial charge is 0.312 e. The molecular weight excluding hydrogens is 254 g/mol. The molecule has 6 heteroatoms. The van der Waals surface area contributed by atoms with Crippen molar-refractivity contribution >= 4 is 11.7 Å². The number of hydrogen-bond acceptors (Lipinski definition) is 4. The van der Waals surface area contributed by atoms with Gasteiger partial charge in [0.25, 0.3) is 0 Å². The highest BCUT2D eigenvalue weighted by atomic mass is 16.2. The molecule has 6 nitrogen and oxygen atoms in total. The maximum absolute atomic E-state index is 10.8. The van der Waals surface area contributed by atoms with Gasteiger partial charge in [0, 0.05) is 19.1 Å². The number of carbonyl (C=O) groups excluding carboxylic acids is 1. The summed E-state index contributed by atoms with van der Waals surface area (Å²) in [6.45, 7) is 1.36. The van der Waals surface area contributed by atoms with E-state index in [1.165, 1.54) is 0 Å². The fourth-order valence-electron chi connectivity index (χ4n) is 2.51. The minimum Gasteiger partial charge on any atom is -0.369 e. The van der Waals surface area contributed by atoms with E-state index in [1.54, 1.807) is 18.2 Å². The van der Waals surface area contributed by atoms with Gasteiger partial charge in [0.05, 0.1) is 16.8 Å². The molecule has 20 heavy (non-hydrogen) atoms. The van der Waals surface area contributed by atoms with Crippen LogP contribution in [0.15, 0.2) is 18.2 Å². The topological polar surface area (TPSA) is 106 Å². The van der Waals surface area contributed by atoms with E-state index in [0.29, 0.717) is 29.9 Å². The number of piperidine rings is 1. The number of hydrogen-bond donors (Lipinski definition) is 2. The highest BCUT2D eigenvalue weighted by molar-refractivity contribution is 5.72. The number of nitriles is 2. The summed E-state index contributed by atoms with van der Waals surface area (Å²) in [5.74, 6) is 0. The van der Waals surface area contributed by atoms with E-state index in [4.69, 9.17) is 5.73 Å². The van der Waals surface area contributed by atoms with Crippen molar-refractivity contribution in [2.24, 2.45) is 5.73 Å². The minimum absolute atomic E-state index is 0.0588. The molecule has 0 saturated carbocycles. The van der Waals surface area contributed by atoms with Gasteiger partial charge in [0.1, 0.15) is 12.1 Å². The van der Waals surface area contributed by atoms with Gasteiger partial charge in [0.2, 0.25) is 0 Å². The first-order chi connectivity index (χ1) is 9.65. The average Bonchev–Trinajstić information content (AvgIpc) is 2.46. The lowest BCUT2D eigenvalue weighted by Gasteiger charge is -2.34. The summed E-state index contributed by atoms with van der Waals surface area (Å²) in [5, 5.41) is 21.1. The Morgan fingerprint density at radius 3 is 2.25 bits per heavy atom. The first-order valence-corrected chi connectivity index (χ1v) is 6.40. The van der Waals surface area contributed by atoms with Crippen molar-refractivity contribution in [3.05, 3.63) is 29.3 Å². The van der Waals surface area contributed by atoms with Gasteiger partial charge in [-0.1, -0.05) is 6.07 Å². The molecule has 1 fully saturated rings. The molecule has 0 aromatic heterocycles. The van der Waals surface area contributed by atoms with Crippen LogP contribution in [-0.2, 0) is 0 Å². The number of rotatable bonds is 2. The van der Waals surface area contributed by atoms with E-state index in [9.17, 15) is 15.3 Å². The third-order valence-electron chi connectivity index (χ3n) is 3.43. The second-order valence-electron chi connectivity index (χ2n) is 4.70. The van der Waals surface area contributed by atoms with Crippen LogP contribution in [0.25, 0.3) is 0 Å². The van der Waals surface area contributed by atoms with Crippen molar-refractivity contribution in [3.8, 4) is 12.1 Å². The Balaban J connectivity index is 2.17. The highest BCUT2D eigenvalue weighted by Crippen LogP contribution is 2.27. The number of amides is 2. The zero-order valence-electron chi connectivity index (χ0n) is 11.0. The Hall–Kier alpha value is -2.73. The molecule has 0 radical (unpaired) electrons. The van der Waals surface area contributed by atoms with Gasteiger partial charge in [-0.2, -0.15) is 10.5 Å². The average molecular weight is 269 g/mol. The van der Waals surface area contributed by atoms with E-state index < -0.39 is 6.03 Å². The number of carbonyl (C=O) groups is 1. The van der Waals surface area contributed by atoms with Crippen molar-refractivity contribution in [1.29, 1.82) is 10.5 Å². The molecule has 0 bridgehead atoms. The molecule has 1 aliphatic rings. The SMILES string of the molecule is N#Cc1cccc(C#N)c1N1CCC(NC(N)=O)CC1. The zero-order chi connectivity index (χ0) is 14.5. The number of anilines is 1. The van der Waals surface area contributed by atoms with Crippen molar-refractivity contribution in [1.82, 2.24) is 5.32 Å². The van der Waals surface area contributed by atoms with Crippen LogP contribution >= 0.6 is 0 Å². The second kappa shape index (κ2) is 5.94. The largest absolute Gasteiger partial charge is 0.369 e. The maximum Gasteiger partial charge on any atom is 0.312 e. The Kier molecular flexibility index (Phi) is 4.07. The van der Waals surface area contributed by atoms with Crippen LogP contribution in [0.4, 0.5) is 10.5 Å². The van der Waals surface area contributed by atoms with Gasteiger partial charge >= 0.3 is 6.03 Å². The zero-order valence-corrected chi connectivity index (χ0v) is 11.0. The van der Waals surface area contributed by atoms with Gasteiger partial charge in [-0.05, 0) is 25.0 Å². The van der Waals surface area contributed by atoms with E-state index in [0.717, 1.165) is 12.8 Å². The van der Waals surface area contributed by atoms with Crippen molar-refractivity contribution < 1.29 is 4.79 Å². The molecule has 3 N–H and O–H groups in total. The molecule has 1 saturated heterocycles. The van der Waals surface area contributed by atoms with Crippen LogP contribution < -0.4 is 16.0 Å². The molecule has 0 unspecified atom stereocenters. The first-order valence-electron chi connectivity index (χ1n) is 6.40. The van der Waals surface area contributed by atoms with Crippen LogP contribution in [0, 0.1) is 22.7 Å². The second-order valence-corrected chi connectivity index (χ2v) is 4.70. The number of nitrogens with two attached hydrogens (primary N) is 1. The lowest BCUT2D eigenvalue weighted by atomic mass is 10.0. The molecule has 1 heterocycles. The molecule has 1 aromatic rings. The summed E-state index contributed by atoms with van der Waals surface area (Å²) >= 11 is 0. The fraction of sp³-hybridized carbons (Fsp3) is 0.357. The lowest BCUT2D eigenvalue weighted by molar-refractivity contribution is 0.242. The monoisotopic (exact) mass is 269 g/mol. The Bertz CT molecular complexity index is 558. The molecule has 0 aliphatic carbocycles. The van der Waals surface area contributed by atoms with E-state index in [-0.39, 0.29) is 6.04 Å². The predicted octanol–water partition coefficient (Wildman–Crippen LogP) is 1.07. The highest BCUT2D eigenvalue weighted by Gasteiger charge is 2.23. The number of primary amides is 1. The maximum atomic E-state index is 10.8. The molecule has 1 aromatic carbocycles. The summed E-state index contributed by atoms with van der Waals surface area (Å²) in [5.41, 5.74) is 6.81. The summed E-state index contributed by atoms with van der Waals surface area (Å²) in [6, 6.07) is 8.94. The Morgan fingerprint density at radius 1 is 1.25 bits per heavy atom. The van der Waals surface area contributed by atoms with Gasteiger partial charge in [0.15, 0.2) is 0 Å². The quantitative estimate of drug-likeness (QED) is 0.837. The van der Waals surface area contributed by atoms with Crippen LogP contribution in [-0.4, -0.2) is 25.2 Å². The van der Waals surface area contributed by atoms with Crippen LogP contribution in [0.5, 0.6) is 0 Å². The third kappa shape index (κ3) is 2.81. The predicted molar refractivity (Wildman–Crippen MR) is 73.8 cm³/mol. The van der Waals surface area contributed by atoms with Crippen LogP contribution in [0.3, 0.4) is 0 Å². The Labute approximate surface area is 117 Å². The van der Waals surface area contributed by atoms with Crippen molar-refractivity contribution in [3.63, 3.8) is 0 Å². The minimum atomic E-state index is -0.515. The van der Waals surface area contributed by atoms with E-state index in [2.05, 4.69) is 17.5 Å². The van der Waals surface area contributed by atoms with Crippen LogP contribution in [0.1, 0.15) is 24.0 Å². The molecule has 1 aliphatic heterocycles. The molecule has 2 amide bonds. The Morgan fingerprint density at radius 2 is 1.80 bits per heavy atom. The molecule has 102 valence electrons. The molecule has 0 atom stereocenters. The summed E-state index contributed by atoms with van der Waals surface area (Å²) in [7, 11) is 0. The summed E-state index contributed by atoms with van der Waals surface area (Å²) in [4.78, 5) is 12.9. The van der Waals surface area contributed by atoms with Crippen molar-refractivity contribution in [2.75, 3.05) is 18.0 Å².